The van der Waals surface area contributed by atoms with Crippen LogP contribution < -0.4 is 4.74 Å². The van der Waals surface area contributed by atoms with E-state index in [1.165, 1.54) is 16.5 Å². The minimum atomic E-state index is -0.193. The zero-order valence-corrected chi connectivity index (χ0v) is 23.6. The maximum absolute atomic E-state index is 13.0. The van der Waals surface area contributed by atoms with Crippen LogP contribution in [0.4, 0.5) is 0 Å². The van der Waals surface area contributed by atoms with E-state index in [4.69, 9.17) is 9.47 Å². The largest absolute Gasteiger partial charge is 0.492 e. The first-order chi connectivity index (χ1) is 18.8. The van der Waals surface area contributed by atoms with Crippen LogP contribution in [0.15, 0.2) is 60.8 Å². The third kappa shape index (κ3) is 7.56. The quantitative estimate of drug-likeness (QED) is 0.403. The Balaban J connectivity index is 1.01. The van der Waals surface area contributed by atoms with Crippen LogP contribution in [0.25, 0.3) is 10.9 Å². The topological polar surface area (TPSA) is 58.1 Å². The summed E-state index contributed by atoms with van der Waals surface area (Å²) in [7, 11) is 2.15. The van der Waals surface area contributed by atoms with E-state index in [9.17, 15) is 4.79 Å². The Morgan fingerprint density at radius 2 is 1.79 bits per heavy atom. The second-order valence-corrected chi connectivity index (χ2v) is 11.7. The van der Waals surface area contributed by atoms with Crippen molar-refractivity contribution in [3.63, 3.8) is 0 Å². The molecule has 2 saturated heterocycles. The van der Waals surface area contributed by atoms with Gasteiger partial charge in [-0.2, -0.15) is 0 Å². The molecule has 1 atom stereocenters. The Labute approximate surface area is 232 Å². The molecule has 1 amide bonds. The number of nitrogens with zero attached hydrogens (tertiary/aromatic N) is 4. The Kier molecular flexibility index (Phi) is 8.80. The summed E-state index contributed by atoms with van der Waals surface area (Å²) in [5.41, 5.74) is 3.39. The zero-order chi connectivity index (χ0) is 27.2. The van der Waals surface area contributed by atoms with Crippen molar-refractivity contribution in [2.75, 3.05) is 53.0 Å². The van der Waals surface area contributed by atoms with Gasteiger partial charge in [-0.05, 0) is 75.2 Å². The smallest absolute Gasteiger partial charge is 0.225 e. The fourth-order valence-electron chi connectivity index (χ4n) is 5.78. The molecule has 0 spiro atoms. The molecular weight excluding hydrogens is 488 g/mol. The zero-order valence-electron chi connectivity index (χ0n) is 23.6. The van der Waals surface area contributed by atoms with Gasteiger partial charge in [-0.25, -0.2) is 0 Å². The van der Waals surface area contributed by atoms with Crippen LogP contribution >= 0.6 is 0 Å². The van der Waals surface area contributed by atoms with E-state index < -0.39 is 0 Å². The molecule has 0 radical (unpaired) electrons. The lowest BCUT2D eigenvalue weighted by atomic mass is 9.87. The van der Waals surface area contributed by atoms with Crippen molar-refractivity contribution in [3.05, 3.63) is 71.9 Å². The number of hydrogen-bond donors (Lipinski definition) is 0. The highest BCUT2D eigenvalue weighted by Crippen LogP contribution is 2.30. The van der Waals surface area contributed by atoms with Gasteiger partial charge < -0.3 is 14.4 Å². The van der Waals surface area contributed by atoms with Gasteiger partial charge in [-0.15, -0.1) is 0 Å². The molecule has 39 heavy (non-hydrogen) atoms. The van der Waals surface area contributed by atoms with Crippen molar-refractivity contribution in [3.8, 4) is 5.75 Å². The van der Waals surface area contributed by atoms with Gasteiger partial charge in [-0.3, -0.25) is 19.6 Å². The third-order valence-electron chi connectivity index (χ3n) is 7.90. The molecule has 2 aliphatic rings. The molecule has 0 saturated carbocycles. The van der Waals surface area contributed by atoms with Crippen molar-refractivity contribution >= 4 is 16.8 Å². The van der Waals surface area contributed by atoms with Gasteiger partial charge in [0.15, 0.2) is 0 Å². The van der Waals surface area contributed by atoms with Crippen LogP contribution in [-0.2, 0) is 22.6 Å². The summed E-state index contributed by atoms with van der Waals surface area (Å²) < 4.78 is 11.8. The molecule has 7 heteroatoms. The molecule has 0 aliphatic carbocycles. The lowest BCUT2D eigenvalue weighted by Crippen LogP contribution is -2.52. The van der Waals surface area contributed by atoms with Crippen LogP contribution in [0.3, 0.4) is 0 Å². The molecule has 0 unspecified atom stereocenters. The number of amides is 1. The average molecular weight is 531 g/mol. The van der Waals surface area contributed by atoms with Crippen molar-refractivity contribution < 1.29 is 14.3 Å². The van der Waals surface area contributed by atoms with Crippen molar-refractivity contribution in [2.24, 2.45) is 5.92 Å². The maximum atomic E-state index is 13.0. The van der Waals surface area contributed by atoms with Gasteiger partial charge in [0.05, 0.1) is 11.1 Å². The molecule has 3 aromatic rings. The molecule has 2 fully saturated rings. The standard InChI is InChI=1S/C32H42N4O3/c1-32(2)22-28(12-19-39-32)31(37)36-16-14-35(15-17-36)18-20-38-29-9-6-25(7-10-29)23-34(3)24-26-8-11-30-27(21-26)5-4-13-33-30/h4-11,13,21,28H,12,14-20,22-24H2,1-3H3/t28-/m1/s1. The number of hydrogen-bond acceptors (Lipinski definition) is 6. The summed E-state index contributed by atoms with van der Waals surface area (Å²) in [6.07, 6.45) is 3.49. The highest BCUT2D eigenvalue weighted by Gasteiger charge is 2.35. The molecule has 3 heterocycles. The van der Waals surface area contributed by atoms with E-state index >= 15 is 0 Å². The van der Waals surface area contributed by atoms with Crippen LogP contribution in [0.1, 0.15) is 37.8 Å². The van der Waals surface area contributed by atoms with Crippen LogP contribution in [0.5, 0.6) is 5.75 Å². The van der Waals surface area contributed by atoms with Crippen LogP contribution in [0.2, 0.25) is 0 Å². The van der Waals surface area contributed by atoms with Crippen molar-refractivity contribution in [1.29, 1.82) is 0 Å². The molecule has 1 aromatic heterocycles. The summed E-state index contributed by atoms with van der Waals surface area (Å²) >= 11 is 0. The molecule has 0 N–H and O–H groups in total. The van der Waals surface area contributed by atoms with Crippen molar-refractivity contribution in [1.82, 2.24) is 19.7 Å². The first-order valence-corrected chi connectivity index (χ1v) is 14.2. The average Bonchev–Trinajstić information content (AvgIpc) is 2.93. The number of benzene rings is 2. The van der Waals surface area contributed by atoms with E-state index in [1.807, 2.05) is 12.3 Å². The predicted molar refractivity (Wildman–Crippen MR) is 155 cm³/mol. The van der Waals surface area contributed by atoms with E-state index in [2.05, 4.69) is 89.1 Å². The van der Waals surface area contributed by atoms with E-state index in [0.29, 0.717) is 19.1 Å². The third-order valence-corrected chi connectivity index (χ3v) is 7.90. The summed E-state index contributed by atoms with van der Waals surface area (Å²) in [4.78, 5) is 24.2. The first-order valence-electron chi connectivity index (χ1n) is 14.2. The number of rotatable bonds is 9. The summed E-state index contributed by atoms with van der Waals surface area (Å²) in [6, 6.07) is 19.0. The van der Waals surface area contributed by atoms with Gasteiger partial charge in [-0.1, -0.05) is 24.3 Å². The molecule has 5 rings (SSSR count). The number of fused-ring (bicyclic) bond motifs is 1. The molecule has 2 aromatic carbocycles. The predicted octanol–water partition coefficient (Wildman–Crippen LogP) is 4.60. The Hall–Kier alpha value is -3.00. The van der Waals surface area contributed by atoms with Gasteiger partial charge in [0.1, 0.15) is 12.4 Å². The minimum absolute atomic E-state index is 0.0997. The maximum Gasteiger partial charge on any atom is 0.225 e. The first kappa shape index (κ1) is 27.6. The number of carbonyl (C=O) groups is 1. The van der Waals surface area contributed by atoms with Gasteiger partial charge in [0.25, 0.3) is 0 Å². The molecular formula is C32H42N4O3. The normalized spacial score (nSPS) is 19.9. The fraction of sp³-hybridized carbons (Fsp3) is 0.500. The summed E-state index contributed by atoms with van der Waals surface area (Å²) in [5, 5.41) is 1.18. The lowest BCUT2D eigenvalue weighted by Gasteiger charge is -2.40. The monoisotopic (exact) mass is 530 g/mol. The van der Waals surface area contributed by atoms with Crippen molar-refractivity contribution in [2.45, 2.75) is 45.4 Å². The highest BCUT2D eigenvalue weighted by atomic mass is 16.5. The van der Waals surface area contributed by atoms with E-state index in [1.54, 1.807) is 0 Å². The molecule has 2 aliphatic heterocycles. The number of piperazine rings is 1. The number of aromatic nitrogens is 1. The number of pyridine rings is 1. The molecule has 0 bridgehead atoms. The Bertz CT molecular complexity index is 1240. The highest BCUT2D eigenvalue weighted by molar-refractivity contribution is 5.79. The molecule has 7 nitrogen and oxygen atoms in total. The summed E-state index contributed by atoms with van der Waals surface area (Å²) in [5.74, 6) is 1.31. The van der Waals surface area contributed by atoms with Gasteiger partial charge in [0, 0.05) is 69.9 Å². The fourth-order valence-corrected chi connectivity index (χ4v) is 5.78. The van der Waals surface area contributed by atoms with Crippen LogP contribution in [0, 0.1) is 5.92 Å². The summed E-state index contributed by atoms with van der Waals surface area (Å²) in [6.45, 7) is 11.5. The second kappa shape index (κ2) is 12.5. The van der Waals surface area contributed by atoms with Crippen LogP contribution in [-0.4, -0.2) is 84.2 Å². The van der Waals surface area contributed by atoms with Gasteiger partial charge in [0.2, 0.25) is 5.91 Å². The van der Waals surface area contributed by atoms with Gasteiger partial charge >= 0.3 is 0 Å². The SMILES string of the molecule is CN(Cc1ccc(OCCN2CCN(C(=O)[C@@H]3CCOC(C)(C)C3)CC2)cc1)Cc1ccc2ncccc2c1. The lowest BCUT2D eigenvalue weighted by molar-refractivity contribution is -0.147. The Morgan fingerprint density at radius 1 is 1.05 bits per heavy atom. The minimum Gasteiger partial charge on any atom is -0.492 e. The second-order valence-electron chi connectivity index (χ2n) is 11.7. The number of carbonyl (C=O) groups excluding carboxylic acids is 1. The van der Waals surface area contributed by atoms with E-state index in [0.717, 1.165) is 69.9 Å². The Morgan fingerprint density at radius 3 is 2.56 bits per heavy atom. The molecule has 208 valence electrons. The van der Waals surface area contributed by atoms with E-state index in [-0.39, 0.29) is 11.5 Å². The number of ether oxygens (including phenoxy) is 2.